The molecule has 1 aliphatic carbocycles. The molecule has 2 fully saturated rings. The highest BCUT2D eigenvalue weighted by molar-refractivity contribution is 6.31. The van der Waals surface area contributed by atoms with Gasteiger partial charge in [0.15, 0.2) is 0 Å². The van der Waals surface area contributed by atoms with Crippen LogP contribution < -0.4 is 5.32 Å². The lowest BCUT2D eigenvalue weighted by Gasteiger charge is -2.29. The molecule has 0 radical (unpaired) electrons. The lowest BCUT2D eigenvalue weighted by atomic mass is 10.1. The quantitative estimate of drug-likeness (QED) is 0.680. The first-order valence-electron chi connectivity index (χ1n) is 11.1. The molecule has 28 heavy (non-hydrogen) atoms. The molecule has 1 aromatic rings. The summed E-state index contributed by atoms with van der Waals surface area (Å²) in [5.74, 6) is 0.266. The topological polar surface area (TPSA) is 35.6 Å². The van der Waals surface area contributed by atoms with Crippen LogP contribution in [0.25, 0.3) is 0 Å². The SMILES string of the molecule is CCN(CC)C(=O)[C@@H]1C[C@H](NC2CCCCCC2)CN1Cc1ccccc1Cl. The van der Waals surface area contributed by atoms with Crippen LogP contribution >= 0.6 is 11.6 Å². The first-order chi connectivity index (χ1) is 13.6. The molecule has 1 aliphatic heterocycles. The number of rotatable bonds is 7. The molecule has 156 valence electrons. The largest absolute Gasteiger partial charge is 0.342 e. The van der Waals surface area contributed by atoms with E-state index in [1.54, 1.807) is 0 Å². The fraction of sp³-hybridized carbons (Fsp3) is 0.696. The summed E-state index contributed by atoms with van der Waals surface area (Å²) in [7, 11) is 0. The van der Waals surface area contributed by atoms with Crippen molar-refractivity contribution in [3.63, 3.8) is 0 Å². The van der Waals surface area contributed by atoms with Crippen LogP contribution in [0.2, 0.25) is 5.02 Å². The van der Waals surface area contributed by atoms with E-state index in [4.69, 9.17) is 11.6 Å². The minimum absolute atomic E-state index is 0.0561. The number of amides is 1. The van der Waals surface area contributed by atoms with Gasteiger partial charge in [0.25, 0.3) is 0 Å². The number of nitrogens with one attached hydrogen (secondary N) is 1. The summed E-state index contributed by atoms with van der Waals surface area (Å²) in [6, 6.07) is 8.94. The Bertz CT molecular complexity index is 626. The van der Waals surface area contributed by atoms with Gasteiger partial charge in [0.2, 0.25) is 5.91 Å². The zero-order chi connectivity index (χ0) is 19.9. The molecule has 5 heteroatoms. The Hall–Kier alpha value is -1.10. The number of carbonyl (C=O) groups excluding carboxylic acids is 1. The van der Waals surface area contributed by atoms with Crippen LogP contribution in [-0.4, -0.2) is 53.5 Å². The van der Waals surface area contributed by atoms with Gasteiger partial charge in [-0.2, -0.15) is 0 Å². The highest BCUT2D eigenvalue weighted by Gasteiger charge is 2.39. The summed E-state index contributed by atoms with van der Waals surface area (Å²) in [6.45, 7) is 7.32. The molecule has 1 aromatic carbocycles. The van der Waals surface area contributed by atoms with Crippen LogP contribution in [0.15, 0.2) is 24.3 Å². The monoisotopic (exact) mass is 405 g/mol. The molecular formula is C23H36ClN3O. The molecular weight excluding hydrogens is 370 g/mol. The lowest BCUT2D eigenvalue weighted by molar-refractivity contribution is -0.135. The van der Waals surface area contributed by atoms with Crippen LogP contribution in [0.3, 0.4) is 0 Å². The van der Waals surface area contributed by atoms with Crippen LogP contribution in [-0.2, 0) is 11.3 Å². The summed E-state index contributed by atoms with van der Waals surface area (Å²) in [5.41, 5.74) is 1.11. The number of halogens is 1. The van der Waals surface area contributed by atoms with Crippen molar-refractivity contribution < 1.29 is 4.79 Å². The second-order valence-electron chi connectivity index (χ2n) is 8.33. The van der Waals surface area contributed by atoms with Crippen LogP contribution in [0.1, 0.15) is 64.4 Å². The van der Waals surface area contributed by atoms with Crippen molar-refractivity contribution in [3.8, 4) is 0 Å². The van der Waals surface area contributed by atoms with Gasteiger partial charge in [-0.05, 0) is 44.7 Å². The molecule has 0 spiro atoms. The van der Waals surface area contributed by atoms with E-state index >= 15 is 0 Å². The highest BCUT2D eigenvalue weighted by Crippen LogP contribution is 2.27. The Labute approximate surface area is 175 Å². The third kappa shape index (κ3) is 5.49. The van der Waals surface area contributed by atoms with E-state index in [0.29, 0.717) is 12.1 Å². The second-order valence-corrected chi connectivity index (χ2v) is 8.74. The molecule has 1 saturated heterocycles. The van der Waals surface area contributed by atoms with Gasteiger partial charge in [0, 0.05) is 43.3 Å². The van der Waals surface area contributed by atoms with Crippen molar-refractivity contribution in [3.05, 3.63) is 34.9 Å². The third-order valence-corrected chi connectivity index (χ3v) is 6.79. The number of hydrogen-bond donors (Lipinski definition) is 1. The molecule has 0 aromatic heterocycles. The Balaban J connectivity index is 1.71. The number of carbonyl (C=O) groups is 1. The molecule has 2 atom stereocenters. The average molecular weight is 406 g/mol. The van der Waals surface area contributed by atoms with E-state index in [2.05, 4.69) is 30.1 Å². The molecule has 1 amide bonds. The van der Waals surface area contributed by atoms with Crippen molar-refractivity contribution in [1.29, 1.82) is 0 Å². The van der Waals surface area contributed by atoms with Gasteiger partial charge >= 0.3 is 0 Å². The Morgan fingerprint density at radius 1 is 1.11 bits per heavy atom. The highest BCUT2D eigenvalue weighted by atomic mass is 35.5. The van der Waals surface area contributed by atoms with E-state index in [-0.39, 0.29) is 11.9 Å². The third-order valence-electron chi connectivity index (χ3n) is 6.42. The maximum atomic E-state index is 13.2. The number of likely N-dealkylation sites (tertiary alicyclic amines) is 1. The van der Waals surface area contributed by atoms with Crippen molar-refractivity contribution in [2.75, 3.05) is 19.6 Å². The van der Waals surface area contributed by atoms with Gasteiger partial charge < -0.3 is 10.2 Å². The summed E-state index contributed by atoms with van der Waals surface area (Å²) >= 11 is 6.42. The zero-order valence-corrected chi connectivity index (χ0v) is 18.3. The standard InChI is InChI=1S/C23H36ClN3O/c1-3-26(4-2)23(28)22-15-20(25-19-12-7-5-6-8-13-19)17-27(22)16-18-11-9-10-14-21(18)24/h9-11,14,19-20,22,25H,3-8,12-13,15-17H2,1-2H3/t20-,22-/m0/s1. The minimum Gasteiger partial charge on any atom is -0.342 e. The smallest absolute Gasteiger partial charge is 0.239 e. The fourth-order valence-electron chi connectivity index (χ4n) is 4.83. The summed E-state index contributed by atoms with van der Waals surface area (Å²) in [4.78, 5) is 17.5. The molecule has 0 unspecified atom stereocenters. The molecule has 0 bridgehead atoms. The first kappa shape index (κ1) is 21.6. The van der Waals surface area contributed by atoms with Gasteiger partial charge in [-0.1, -0.05) is 55.5 Å². The first-order valence-corrected chi connectivity index (χ1v) is 11.5. The number of benzene rings is 1. The summed E-state index contributed by atoms with van der Waals surface area (Å²) < 4.78 is 0. The van der Waals surface area contributed by atoms with Gasteiger partial charge in [0.05, 0.1) is 6.04 Å². The summed E-state index contributed by atoms with van der Waals surface area (Å²) in [6.07, 6.45) is 8.84. The van der Waals surface area contributed by atoms with Crippen LogP contribution in [0.5, 0.6) is 0 Å². The predicted octanol–water partition coefficient (Wildman–Crippen LogP) is 4.46. The Kier molecular flexibility index (Phi) is 8.19. The number of likely N-dealkylation sites (N-methyl/N-ethyl adjacent to an activating group) is 1. The van der Waals surface area contributed by atoms with Crippen LogP contribution in [0.4, 0.5) is 0 Å². The van der Waals surface area contributed by atoms with Gasteiger partial charge in [-0.25, -0.2) is 0 Å². The Morgan fingerprint density at radius 3 is 2.43 bits per heavy atom. The molecule has 4 nitrogen and oxygen atoms in total. The Morgan fingerprint density at radius 2 is 1.79 bits per heavy atom. The van der Waals surface area contributed by atoms with E-state index in [0.717, 1.165) is 43.2 Å². The maximum absolute atomic E-state index is 13.2. The predicted molar refractivity (Wildman–Crippen MR) is 117 cm³/mol. The minimum atomic E-state index is -0.0561. The van der Waals surface area contributed by atoms with Gasteiger partial charge in [-0.3, -0.25) is 9.69 Å². The molecule has 1 saturated carbocycles. The average Bonchev–Trinajstić information content (AvgIpc) is 2.90. The number of hydrogen-bond acceptors (Lipinski definition) is 3. The lowest BCUT2D eigenvalue weighted by Crippen LogP contribution is -2.45. The van der Waals surface area contributed by atoms with Crippen LogP contribution in [0, 0.1) is 0 Å². The summed E-state index contributed by atoms with van der Waals surface area (Å²) in [5, 5.41) is 4.69. The molecule has 1 heterocycles. The van der Waals surface area contributed by atoms with Crippen molar-refractivity contribution in [2.24, 2.45) is 0 Å². The second kappa shape index (κ2) is 10.6. The number of nitrogens with zero attached hydrogens (tertiary/aromatic N) is 2. The van der Waals surface area contributed by atoms with E-state index in [1.165, 1.54) is 38.5 Å². The van der Waals surface area contributed by atoms with E-state index in [1.807, 2.05) is 23.1 Å². The zero-order valence-electron chi connectivity index (χ0n) is 17.5. The van der Waals surface area contributed by atoms with E-state index < -0.39 is 0 Å². The molecule has 1 N–H and O–H groups in total. The van der Waals surface area contributed by atoms with E-state index in [9.17, 15) is 4.79 Å². The van der Waals surface area contributed by atoms with Gasteiger partial charge in [-0.15, -0.1) is 0 Å². The van der Waals surface area contributed by atoms with Gasteiger partial charge in [0.1, 0.15) is 0 Å². The maximum Gasteiger partial charge on any atom is 0.239 e. The van der Waals surface area contributed by atoms with Crippen molar-refractivity contribution >= 4 is 17.5 Å². The fourth-order valence-corrected chi connectivity index (χ4v) is 5.02. The van der Waals surface area contributed by atoms with Crippen molar-refractivity contribution in [1.82, 2.24) is 15.1 Å². The molecule has 2 aliphatic rings. The normalized spacial score (nSPS) is 24.2. The van der Waals surface area contributed by atoms with Crippen molar-refractivity contribution in [2.45, 2.75) is 83.5 Å². The molecule has 3 rings (SSSR count).